The average Bonchev–Trinajstić information content (AvgIpc) is 3.84. The molecule has 260 valence electrons. The van der Waals surface area contributed by atoms with Gasteiger partial charge in [-0.1, -0.05) is 176 Å². The molecule has 12 aromatic rings. The Kier molecular flexibility index (Phi) is 6.83. The lowest BCUT2D eigenvalue weighted by molar-refractivity contribution is 1.16. The number of aromatic nitrogens is 2. The Morgan fingerprint density at radius 3 is 1.66 bits per heavy atom. The molecule has 3 heterocycles. The first kappa shape index (κ1) is 31.3. The summed E-state index contributed by atoms with van der Waals surface area (Å²) in [7, 11) is 0. The molecule has 9 aromatic carbocycles. The molecule has 12 rings (SSSR count). The molecule has 0 radical (unpaired) electrons. The first-order valence-electron chi connectivity index (χ1n) is 19.1. The highest BCUT2D eigenvalue weighted by Gasteiger charge is 2.25. The van der Waals surface area contributed by atoms with Gasteiger partial charge in [0.15, 0.2) is 0 Å². The molecule has 3 aromatic heterocycles. The third kappa shape index (κ3) is 4.59. The van der Waals surface area contributed by atoms with Crippen LogP contribution in [-0.4, -0.2) is 9.55 Å². The van der Waals surface area contributed by atoms with Crippen LogP contribution < -0.4 is 0 Å². The summed E-state index contributed by atoms with van der Waals surface area (Å²) in [5.74, 6) is 0. The van der Waals surface area contributed by atoms with E-state index in [9.17, 15) is 0 Å². The summed E-state index contributed by atoms with van der Waals surface area (Å²) in [6, 6.07) is 70.6. The van der Waals surface area contributed by atoms with Crippen molar-refractivity contribution in [3.63, 3.8) is 0 Å². The van der Waals surface area contributed by atoms with Crippen LogP contribution in [-0.2, 0) is 0 Å². The zero-order valence-electron chi connectivity index (χ0n) is 30.3. The van der Waals surface area contributed by atoms with Crippen molar-refractivity contribution in [3.05, 3.63) is 194 Å². The minimum absolute atomic E-state index is 0.949. The van der Waals surface area contributed by atoms with Crippen molar-refractivity contribution >= 4 is 85.6 Å². The molecule has 0 spiro atoms. The molecule has 2 nitrogen and oxygen atoms in total. The summed E-state index contributed by atoms with van der Waals surface area (Å²) >= 11 is 1.94. The maximum atomic E-state index is 5.28. The number of hydrogen-bond donors (Lipinski definition) is 0. The molecule has 0 unspecified atom stereocenters. The maximum Gasteiger partial charge on any atom is 0.0730 e. The molecular formula is C53H32N2S. The maximum absolute atomic E-state index is 5.28. The second-order valence-corrected chi connectivity index (χ2v) is 15.6. The Bertz CT molecular complexity index is 3460. The molecule has 0 aliphatic carbocycles. The van der Waals surface area contributed by atoms with Crippen molar-refractivity contribution in [2.24, 2.45) is 0 Å². The predicted molar refractivity (Wildman–Crippen MR) is 240 cm³/mol. The van der Waals surface area contributed by atoms with Crippen LogP contribution in [0.3, 0.4) is 0 Å². The van der Waals surface area contributed by atoms with E-state index in [0.717, 1.165) is 28.2 Å². The average molecular weight is 729 g/mol. The van der Waals surface area contributed by atoms with E-state index in [1.165, 1.54) is 85.4 Å². The van der Waals surface area contributed by atoms with Gasteiger partial charge >= 0.3 is 0 Å². The lowest BCUT2D eigenvalue weighted by atomic mass is 9.95. The predicted octanol–water partition coefficient (Wildman–Crippen LogP) is 15.0. The Labute approximate surface area is 327 Å². The first-order valence-corrected chi connectivity index (χ1v) is 19.9. The van der Waals surface area contributed by atoms with E-state index in [4.69, 9.17) is 4.98 Å². The standard InChI is InChI=1S/C53H32N2S/c1-3-17-35(18-4-1)45-31-37(32-46(54-45)36-19-5-2-6-20-36)55-47-30-29-34-16-8-10-23-39(34)49(47)50-51(55)42-25-12-11-24-41(42)48-44-28-14-27-43(52(44)56-53(48)50)40-26-13-21-33-15-7-9-22-38(33)40/h1-32H. The van der Waals surface area contributed by atoms with Crippen molar-refractivity contribution in [2.45, 2.75) is 0 Å². The third-order valence-electron chi connectivity index (χ3n) is 11.5. The van der Waals surface area contributed by atoms with Gasteiger partial charge in [0.2, 0.25) is 0 Å². The quantitative estimate of drug-likeness (QED) is 0.176. The highest BCUT2D eigenvalue weighted by molar-refractivity contribution is 7.27. The number of fused-ring (bicyclic) bond motifs is 13. The van der Waals surface area contributed by atoms with Gasteiger partial charge in [-0.15, -0.1) is 11.3 Å². The molecule has 0 saturated heterocycles. The molecule has 0 N–H and O–H groups in total. The monoisotopic (exact) mass is 728 g/mol. The van der Waals surface area contributed by atoms with Gasteiger partial charge in [-0.2, -0.15) is 0 Å². The number of benzene rings is 9. The van der Waals surface area contributed by atoms with E-state index in [2.05, 4.69) is 199 Å². The molecule has 0 aliphatic rings. The Morgan fingerprint density at radius 2 is 0.929 bits per heavy atom. The number of rotatable bonds is 4. The van der Waals surface area contributed by atoms with Crippen molar-refractivity contribution in [2.75, 3.05) is 0 Å². The molecule has 3 heteroatoms. The summed E-state index contributed by atoms with van der Waals surface area (Å²) < 4.78 is 5.16. The van der Waals surface area contributed by atoms with Crippen LogP contribution in [0, 0.1) is 0 Å². The van der Waals surface area contributed by atoms with Crippen LogP contribution in [0.1, 0.15) is 0 Å². The molecule has 0 bridgehead atoms. The van der Waals surface area contributed by atoms with E-state index in [1.807, 2.05) is 11.3 Å². The van der Waals surface area contributed by atoms with Crippen molar-refractivity contribution in [1.29, 1.82) is 0 Å². The molecular weight excluding hydrogens is 697 g/mol. The molecule has 0 atom stereocenters. The smallest absolute Gasteiger partial charge is 0.0730 e. The normalized spacial score (nSPS) is 11.9. The number of thiophene rings is 1. The van der Waals surface area contributed by atoms with E-state index < -0.39 is 0 Å². The molecule has 56 heavy (non-hydrogen) atoms. The van der Waals surface area contributed by atoms with Gasteiger partial charge in [-0.25, -0.2) is 4.98 Å². The fraction of sp³-hybridized carbons (Fsp3) is 0. The van der Waals surface area contributed by atoms with Crippen molar-refractivity contribution < 1.29 is 0 Å². The lowest BCUT2D eigenvalue weighted by Crippen LogP contribution is -1.99. The second-order valence-electron chi connectivity index (χ2n) is 14.6. The lowest BCUT2D eigenvalue weighted by Gasteiger charge is -2.14. The Morgan fingerprint density at radius 1 is 0.375 bits per heavy atom. The van der Waals surface area contributed by atoms with Gasteiger partial charge < -0.3 is 4.57 Å². The number of nitrogens with zero attached hydrogens (tertiary/aromatic N) is 2. The van der Waals surface area contributed by atoms with Gasteiger partial charge in [0.25, 0.3) is 0 Å². The van der Waals surface area contributed by atoms with Crippen LogP contribution in [0.15, 0.2) is 194 Å². The topological polar surface area (TPSA) is 17.8 Å². The zero-order chi connectivity index (χ0) is 36.7. The van der Waals surface area contributed by atoms with Crippen molar-refractivity contribution in [3.8, 4) is 39.3 Å². The summed E-state index contributed by atoms with van der Waals surface area (Å²) in [6.07, 6.45) is 0. The fourth-order valence-electron chi connectivity index (χ4n) is 9.11. The van der Waals surface area contributed by atoms with Crippen molar-refractivity contribution in [1.82, 2.24) is 9.55 Å². The molecule has 0 aliphatic heterocycles. The van der Waals surface area contributed by atoms with E-state index in [-0.39, 0.29) is 0 Å². The third-order valence-corrected chi connectivity index (χ3v) is 12.8. The SMILES string of the molecule is c1ccc(-c2cc(-n3c4ccc5ccccc5c4c4c5sc6c(-c7cccc8ccccc78)cccc6c5c5ccccc5c43)cc(-c3ccccc3)n2)cc1. The van der Waals surface area contributed by atoms with Crippen LogP contribution in [0.2, 0.25) is 0 Å². The second kappa shape index (κ2) is 12.2. The molecule has 0 saturated carbocycles. The highest BCUT2D eigenvalue weighted by atomic mass is 32.1. The number of hydrogen-bond acceptors (Lipinski definition) is 2. The largest absolute Gasteiger partial charge is 0.308 e. The van der Waals surface area contributed by atoms with Crippen LogP contribution in [0.4, 0.5) is 0 Å². The first-order chi connectivity index (χ1) is 27.8. The summed E-state index contributed by atoms with van der Waals surface area (Å²) in [5.41, 5.74) is 10.1. The van der Waals surface area contributed by atoms with Crippen LogP contribution in [0.25, 0.3) is 114 Å². The highest BCUT2D eigenvalue weighted by Crippen LogP contribution is 2.51. The minimum atomic E-state index is 0.949. The summed E-state index contributed by atoms with van der Waals surface area (Å²) in [4.78, 5) is 5.28. The summed E-state index contributed by atoms with van der Waals surface area (Å²) in [6.45, 7) is 0. The Hall–Kier alpha value is -7.07. The van der Waals surface area contributed by atoms with Gasteiger partial charge in [-0.05, 0) is 50.7 Å². The van der Waals surface area contributed by atoms with Crippen LogP contribution in [0.5, 0.6) is 0 Å². The van der Waals surface area contributed by atoms with Gasteiger partial charge in [0, 0.05) is 53.0 Å². The minimum Gasteiger partial charge on any atom is -0.308 e. The molecule has 0 amide bonds. The zero-order valence-corrected chi connectivity index (χ0v) is 31.1. The summed E-state index contributed by atoms with van der Waals surface area (Å²) in [5, 5.41) is 12.8. The van der Waals surface area contributed by atoms with E-state index in [0.29, 0.717) is 0 Å². The van der Waals surface area contributed by atoms with Crippen LogP contribution >= 0.6 is 11.3 Å². The van der Waals surface area contributed by atoms with Gasteiger partial charge in [0.1, 0.15) is 0 Å². The molecule has 0 fully saturated rings. The number of pyridine rings is 1. The van der Waals surface area contributed by atoms with E-state index in [1.54, 1.807) is 0 Å². The van der Waals surface area contributed by atoms with Gasteiger partial charge in [-0.3, -0.25) is 0 Å². The van der Waals surface area contributed by atoms with Gasteiger partial charge in [0.05, 0.1) is 28.1 Å². The fourth-order valence-corrected chi connectivity index (χ4v) is 10.5. The van der Waals surface area contributed by atoms with E-state index >= 15 is 0 Å². The Balaban J connectivity index is 1.28.